The van der Waals surface area contributed by atoms with Crippen LogP contribution < -0.4 is 0 Å². The standard InChI is InChI=1S/C12H7F5O2/c13-8-7(6-4(18)2-1-3-5(6)19)9(14)11(16)12(17)10(8)15/h6H,1-3H2. The predicted octanol–water partition coefficient (Wildman–Crippen LogP) is 2.79. The SMILES string of the molecule is O=C1CCCC(=O)C1c1c(F)c(F)c(F)c(F)c1F. The van der Waals surface area contributed by atoms with Gasteiger partial charge in [0.25, 0.3) is 0 Å². The maximum Gasteiger partial charge on any atom is 0.200 e. The number of hydrogen-bond acceptors (Lipinski definition) is 2. The van der Waals surface area contributed by atoms with Gasteiger partial charge in [-0.2, -0.15) is 0 Å². The zero-order valence-corrected chi connectivity index (χ0v) is 9.40. The van der Waals surface area contributed by atoms with Gasteiger partial charge in [0.1, 0.15) is 17.5 Å². The summed E-state index contributed by atoms with van der Waals surface area (Å²) in [6, 6.07) is 0. The van der Waals surface area contributed by atoms with Gasteiger partial charge >= 0.3 is 0 Å². The summed E-state index contributed by atoms with van der Waals surface area (Å²) in [4.78, 5) is 23.0. The van der Waals surface area contributed by atoms with Crippen molar-refractivity contribution in [3.05, 3.63) is 34.6 Å². The van der Waals surface area contributed by atoms with E-state index in [1.54, 1.807) is 0 Å². The Morgan fingerprint density at radius 1 is 0.684 bits per heavy atom. The third-order valence-electron chi connectivity index (χ3n) is 3.02. The Hall–Kier alpha value is -1.79. The number of halogens is 5. The fourth-order valence-corrected chi connectivity index (χ4v) is 2.10. The van der Waals surface area contributed by atoms with E-state index in [0.29, 0.717) is 0 Å². The molecule has 0 amide bonds. The maximum atomic E-state index is 13.5. The van der Waals surface area contributed by atoms with Gasteiger partial charge < -0.3 is 0 Å². The van der Waals surface area contributed by atoms with Crippen molar-refractivity contribution in [2.24, 2.45) is 0 Å². The third kappa shape index (κ3) is 2.02. The predicted molar refractivity (Wildman–Crippen MR) is 52.8 cm³/mol. The summed E-state index contributed by atoms with van der Waals surface area (Å²) in [5.74, 6) is -14.4. The van der Waals surface area contributed by atoms with Crippen molar-refractivity contribution < 1.29 is 31.5 Å². The van der Waals surface area contributed by atoms with Crippen LogP contribution in [0.3, 0.4) is 0 Å². The molecule has 102 valence electrons. The fourth-order valence-electron chi connectivity index (χ4n) is 2.10. The molecule has 0 unspecified atom stereocenters. The normalized spacial score (nSPS) is 17.1. The molecular formula is C12H7F5O2. The third-order valence-corrected chi connectivity index (χ3v) is 3.02. The van der Waals surface area contributed by atoms with E-state index in [1.165, 1.54) is 0 Å². The van der Waals surface area contributed by atoms with Crippen LogP contribution >= 0.6 is 0 Å². The second kappa shape index (κ2) is 4.71. The first-order valence-electron chi connectivity index (χ1n) is 5.43. The molecule has 1 aliphatic carbocycles. The first kappa shape index (κ1) is 13.6. The van der Waals surface area contributed by atoms with Crippen molar-refractivity contribution in [1.29, 1.82) is 0 Å². The molecule has 0 heterocycles. The zero-order valence-electron chi connectivity index (χ0n) is 9.40. The Kier molecular flexibility index (Phi) is 3.38. The van der Waals surface area contributed by atoms with Crippen molar-refractivity contribution in [2.75, 3.05) is 0 Å². The monoisotopic (exact) mass is 278 g/mol. The molecule has 0 atom stereocenters. The lowest BCUT2D eigenvalue weighted by atomic mass is 9.81. The zero-order chi connectivity index (χ0) is 14.3. The van der Waals surface area contributed by atoms with Crippen LogP contribution in [0.5, 0.6) is 0 Å². The number of ketones is 2. The van der Waals surface area contributed by atoms with E-state index in [1.807, 2.05) is 0 Å². The van der Waals surface area contributed by atoms with Gasteiger partial charge in [-0.15, -0.1) is 0 Å². The summed E-state index contributed by atoms with van der Waals surface area (Å²) in [7, 11) is 0. The molecule has 0 aromatic heterocycles. The molecule has 0 radical (unpaired) electrons. The largest absolute Gasteiger partial charge is 0.299 e. The first-order chi connectivity index (χ1) is 8.86. The van der Waals surface area contributed by atoms with Crippen LogP contribution in [0.2, 0.25) is 0 Å². The smallest absolute Gasteiger partial charge is 0.200 e. The second-order valence-corrected chi connectivity index (χ2v) is 4.20. The van der Waals surface area contributed by atoms with E-state index in [9.17, 15) is 31.5 Å². The lowest BCUT2D eigenvalue weighted by Gasteiger charge is -2.21. The van der Waals surface area contributed by atoms with Gasteiger partial charge in [-0.1, -0.05) is 0 Å². The van der Waals surface area contributed by atoms with E-state index in [4.69, 9.17) is 0 Å². The van der Waals surface area contributed by atoms with Crippen molar-refractivity contribution >= 4 is 11.6 Å². The molecule has 0 saturated heterocycles. The van der Waals surface area contributed by atoms with Crippen LogP contribution in [-0.4, -0.2) is 11.6 Å². The topological polar surface area (TPSA) is 34.1 Å². The quantitative estimate of drug-likeness (QED) is 0.342. The highest BCUT2D eigenvalue weighted by Crippen LogP contribution is 2.34. The Morgan fingerprint density at radius 3 is 1.47 bits per heavy atom. The van der Waals surface area contributed by atoms with Crippen LogP contribution in [0.4, 0.5) is 22.0 Å². The minimum atomic E-state index is -2.31. The molecule has 1 fully saturated rings. The summed E-state index contributed by atoms with van der Waals surface area (Å²) in [6.07, 6.45) is -0.0463. The van der Waals surface area contributed by atoms with Gasteiger partial charge in [-0.3, -0.25) is 9.59 Å². The molecule has 19 heavy (non-hydrogen) atoms. The second-order valence-electron chi connectivity index (χ2n) is 4.20. The van der Waals surface area contributed by atoms with E-state index in [-0.39, 0.29) is 19.3 Å². The van der Waals surface area contributed by atoms with E-state index in [0.717, 1.165) is 0 Å². The average molecular weight is 278 g/mol. The molecule has 1 aliphatic rings. The summed E-state index contributed by atoms with van der Waals surface area (Å²) < 4.78 is 65.9. The molecule has 1 aromatic rings. The first-order valence-corrected chi connectivity index (χ1v) is 5.43. The Morgan fingerprint density at radius 2 is 1.05 bits per heavy atom. The lowest BCUT2D eigenvalue weighted by Crippen LogP contribution is -2.29. The number of carbonyl (C=O) groups is 2. The van der Waals surface area contributed by atoms with Crippen molar-refractivity contribution in [3.63, 3.8) is 0 Å². The maximum absolute atomic E-state index is 13.5. The van der Waals surface area contributed by atoms with E-state index in [2.05, 4.69) is 0 Å². The lowest BCUT2D eigenvalue weighted by molar-refractivity contribution is -0.132. The molecule has 7 heteroatoms. The minimum Gasteiger partial charge on any atom is -0.299 e. The molecular weight excluding hydrogens is 271 g/mol. The van der Waals surface area contributed by atoms with Crippen LogP contribution in [0.15, 0.2) is 0 Å². The number of carbonyl (C=O) groups excluding carboxylic acids is 2. The van der Waals surface area contributed by atoms with E-state index >= 15 is 0 Å². The average Bonchev–Trinajstić information content (AvgIpc) is 2.37. The van der Waals surface area contributed by atoms with Crippen LogP contribution in [-0.2, 0) is 9.59 Å². The van der Waals surface area contributed by atoms with E-state index < -0.39 is 52.1 Å². The highest BCUT2D eigenvalue weighted by Gasteiger charge is 2.39. The summed E-state index contributed by atoms with van der Waals surface area (Å²) in [6.45, 7) is 0. The number of benzene rings is 1. The number of rotatable bonds is 1. The summed E-state index contributed by atoms with van der Waals surface area (Å²) in [5, 5.41) is 0. The van der Waals surface area contributed by atoms with Gasteiger partial charge in [-0.25, -0.2) is 22.0 Å². The van der Waals surface area contributed by atoms with Gasteiger partial charge in [0.05, 0.1) is 0 Å². The van der Waals surface area contributed by atoms with Gasteiger partial charge in [0.15, 0.2) is 23.3 Å². The van der Waals surface area contributed by atoms with Crippen LogP contribution in [0.25, 0.3) is 0 Å². The Bertz CT molecular complexity index is 537. The number of Topliss-reactive ketones (excluding diaryl/α,β-unsaturated/α-hetero) is 2. The Balaban J connectivity index is 2.68. The molecule has 0 spiro atoms. The number of hydrogen-bond donors (Lipinski definition) is 0. The highest BCUT2D eigenvalue weighted by molar-refractivity contribution is 6.09. The Labute approximate surface area is 104 Å². The van der Waals surface area contributed by atoms with Crippen LogP contribution in [0, 0.1) is 29.1 Å². The van der Waals surface area contributed by atoms with Crippen LogP contribution in [0.1, 0.15) is 30.7 Å². The summed E-state index contributed by atoms with van der Waals surface area (Å²) in [5.41, 5.74) is -1.34. The van der Waals surface area contributed by atoms with Gasteiger partial charge in [0, 0.05) is 18.4 Å². The molecule has 0 N–H and O–H groups in total. The molecule has 1 saturated carbocycles. The van der Waals surface area contributed by atoms with Crippen molar-refractivity contribution in [1.82, 2.24) is 0 Å². The van der Waals surface area contributed by atoms with Gasteiger partial charge in [0.2, 0.25) is 5.82 Å². The molecule has 2 nitrogen and oxygen atoms in total. The molecule has 0 aliphatic heterocycles. The molecule has 2 rings (SSSR count). The van der Waals surface area contributed by atoms with Crippen molar-refractivity contribution in [3.8, 4) is 0 Å². The summed E-state index contributed by atoms with van der Waals surface area (Å²) >= 11 is 0. The van der Waals surface area contributed by atoms with Crippen molar-refractivity contribution in [2.45, 2.75) is 25.2 Å². The fraction of sp³-hybridized carbons (Fsp3) is 0.333. The molecule has 1 aromatic carbocycles. The van der Waals surface area contributed by atoms with Gasteiger partial charge in [-0.05, 0) is 6.42 Å². The highest BCUT2D eigenvalue weighted by atomic mass is 19.2. The molecule has 0 bridgehead atoms. The minimum absolute atomic E-state index is 0.129.